The summed E-state index contributed by atoms with van der Waals surface area (Å²) in [7, 11) is 0. The second-order valence-corrected chi connectivity index (χ2v) is 6.19. The van der Waals surface area contributed by atoms with Gasteiger partial charge in [0, 0.05) is 18.8 Å². The van der Waals surface area contributed by atoms with Crippen molar-refractivity contribution in [1.29, 1.82) is 0 Å². The van der Waals surface area contributed by atoms with E-state index in [-0.39, 0.29) is 11.8 Å². The minimum Gasteiger partial charge on any atom is -0.355 e. The van der Waals surface area contributed by atoms with Crippen molar-refractivity contribution in [3.05, 3.63) is 65.7 Å². The number of nitrogens with zero attached hydrogens (tertiary/aromatic N) is 1. The Morgan fingerprint density at radius 2 is 1.83 bits per heavy atom. The molecule has 3 rings (SSSR count). The van der Waals surface area contributed by atoms with Gasteiger partial charge in [-0.1, -0.05) is 48.0 Å². The van der Waals surface area contributed by atoms with Crippen LogP contribution in [0.4, 0.5) is 5.69 Å². The number of benzene rings is 2. The lowest BCUT2D eigenvalue weighted by Crippen LogP contribution is -2.37. The highest BCUT2D eigenvalue weighted by Crippen LogP contribution is 2.25. The van der Waals surface area contributed by atoms with Crippen molar-refractivity contribution in [1.82, 2.24) is 5.32 Å². The Morgan fingerprint density at radius 3 is 2.54 bits per heavy atom. The molecule has 4 nitrogen and oxygen atoms in total. The number of anilines is 1. The monoisotopic (exact) mass is 322 g/mol. The van der Waals surface area contributed by atoms with Crippen molar-refractivity contribution in [2.24, 2.45) is 5.92 Å². The van der Waals surface area contributed by atoms with Crippen molar-refractivity contribution in [2.75, 3.05) is 18.0 Å². The molecule has 1 unspecified atom stereocenters. The molecule has 0 aliphatic carbocycles. The molecule has 2 aromatic carbocycles. The number of carbonyl (C=O) groups is 2. The van der Waals surface area contributed by atoms with E-state index < -0.39 is 5.92 Å². The first-order valence-electron chi connectivity index (χ1n) is 8.35. The summed E-state index contributed by atoms with van der Waals surface area (Å²) in [6.07, 6.45) is 1.35. The number of aryl methyl sites for hydroxylation is 1. The second-order valence-electron chi connectivity index (χ2n) is 6.19. The Hall–Kier alpha value is -2.62. The van der Waals surface area contributed by atoms with Gasteiger partial charge in [0.1, 0.15) is 5.92 Å². The zero-order valence-electron chi connectivity index (χ0n) is 13.9. The van der Waals surface area contributed by atoms with E-state index in [0.29, 0.717) is 19.5 Å². The van der Waals surface area contributed by atoms with E-state index in [9.17, 15) is 9.59 Å². The maximum atomic E-state index is 12.5. The van der Waals surface area contributed by atoms with E-state index >= 15 is 0 Å². The number of carbonyl (C=O) groups excluding carboxylic acids is 2. The van der Waals surface area contributed by atoms with Gasteiger partial charge < -0.3 is 10.2 Å². The minimum absolute atomic E-state index is 0.103. The van der Waals surface area contributed by atoms with Crippen LogP contribution >= 0.6 is 0 Å². The van der Waals surface area contributed by atoms with Crippen LogP contribution in [0.25, 0.3) is 0 Å². The molecule has 1 aliphatic heterocycles. The Labute approximate surface area is 142 Å². The molecule has 0 spiro atoms. The van der Waals surface area contributed by atoms with E-state index in [4.69, 9.17) is 0 Å². The minimum atomic E-state index is -0.566. The zero-order valence-corrected chi connectivity index (χ0v) is 13.9. The van der Waals surface area contributed by atoms with E-state index in [0.717, 1.165) is 12.1 Å². The number of hydrogen-bond donors (Lipinski definition) is 1. The van der Waals surface area contributed by atoms with Crippen molar-refractivity contribution >= 4 is 17.5 Å². The van der Waals surface area contributed by atoms with Crippen LogP contribution in [0.3, 0.4) is 0 Å². The van der Waals surface area contributed by atoms with Crippen molar-refractivity contribution in [3.8, 4) is 0 Å². The SMILES string of the molecule is Cc1ccc(CCNC(=O)C2CCN(c3ccccc3)C2=O)cc1. The maximum absolute atomic E-state index is 12.5. The van der Waals surface area contributed by atoms with E-state index in [1.807, 2.05) is 30.3 Å². The molecule has 2 amide bonds. The standard InChI is InChI=1S/C20H22N2O2/c1-15-7-9-16(10-8-15)11-13-21-19(23)18-12-14-22(20(18)24)17-5-3-2-4-6-17/h2-10,18H,11-14H2,1H3,(H,21,23). The Balaban J connectivity index is 1.52. The van der Waals surface area contributed by atoms with E-state index in [2.05, 4.69) is 36.5 Å². The lowest BCUT2D eigenvalue weighted by Gasteiger charge is -2.16. The quantitative estimate of drug-likeness (QED) is 0.861. The first-order valence-corrected chi connectivity index (χ1v) is 8.35. The molecule has 1 atom stereocenters. The first-order chi connectivity index (χ1) is 11.6. The fourth-order valence-electron chi connectivity index (χ4n) is 3.00. The number of nitrogens with one attached hydrogen (secondary N) is 1. The van der Waals surface area contributed by atoms with Crippen molar-refractivity contribution in [3.63, 3.8) is 0 Å². The fraction of sp³-hybridized carbons (Fsp3) is 0.300. The highest BCUT2D eigenvalue weighted by Gasteiger charge is 2.37. The average molecular weight is 322 g/mol. The molecule has 1 heterocycles. The van der Waals surface area contributed by atoms with Gasteiger partial charge in [-0.2, -0.15) is 0 Å². The number of amides is 2. The number of para-hydroxylation sites is 1. The molecule has 4 heteroatoms. The highest BCUT2D eigenvalue weighted by molar-refractivity contribution is 6.09. The van der Waals surface area contributed by atoms with Crippen LogP contribution in [-0.4, -0.2) is 24.9 Å². The van der Waals surface area contributed by atoms with Crippen LogP contribution in [0.2, 0.25) is 0 Å². The molecule has 24 heavy (non-hydrogen) atoms. The maximum Gasteiger partial charge on any atom is 0.239 e. The summed E-state index contributed by atoms with van der Waals surface area (Å²) in [5.74, 6) is -0.831. The summed E-state index contributed by atoms with van der Waals surface area (Å²) in [4.78, 5) is 26.5. The molecule has 1 fully saturated rings. The van der Waals surface area contributed by atoms with Crippen LogP contribution in [0.1, 0.15) is 17.5 Å². The van der Waals surface area contributed by atoms with Crippen molar-refractivity contribution < 1.29 is 9.59 Å². The summed E-state index contributed by atoms with van der Waals surface area (Å²) in [5.41, 5.74) is 3.27. The molecule has 0 saturated carbocycles. The van der Waals surface area contributed by atoms with Crippen LogP contribution in [0, 0.1) is 12.8 Å². The van der Waals surface area contributed by atoms with Crippen molar-refractivity contribution in [2.45, 2.75) is 19.8 Å². The predicted octanol–water partition coefficient (Wildman–Crippen LogP) is 2.71. The number of hydrogen-bond acceptors (Lipinski definition) is 2. The molecular formula is C20H22N2O2. The van der Waals surface area contributed by atoms with Crippen LogP contribution < -0.4 is 10.2 Å². The third-order valence-corrected chi connectivity index (χ3v) is 4.42. The van der Waals surface area contributed by atoms with Gasteiger partial charge in [-0.05, 0) is 37.5 Å². The van der Waals surface area contributed by atoms with E-state index in [1.54, 1.807) is 4.90 Å². The van der Waals surface area contributed by atoms with Crippen LogP contribution in [0.5, 0.6) is 0 Å². The Morgan fingerprint density at radius 1 is 1.12 bits per heavy atom. The van der Waals surface area contributed by atoms with Gasteiger partial charge in [-0.15, -0.1) is 0 Å². The summed E-state index contributed by atoms with van der Waals surface area (Å²) >= 11 is 0. The smallest absolute Gasteiger partial charge is 0.239 e. The molecular weight excluding hydrogens is 300 g/mol. The highest BCUT2D eigenvalue weighted by atomic mass is 16.2. The topological polar surface area (TPSA) is 49.4 Å². The predicted molar refractivity (Wildman–Crippen MR) is 94.8 cm³/mol. The summed E-state index contributed by atoms with van der Waals surface area (Å²) in [6.45, 7) is 3.20. The van der Waals surface area contributed by atoms with Gasteiger partial charge in [0.25, 0.3) is 0 Å². The second kappa shape index (κ2) is 7.30. The molecule has 124 valence electrons. The first kappa shape index (κ1) is 16.2. The third-order valence-electron chi connectivity index (χ3n) is 4.42. The third kappa shape index (κ3) is 3.65. The van der Waals surface area contributed by atoms with E-state index in [1.165, 1.54) is 11.1 Å². The van der Waals surface area contributed by atoms with Gasteiger partial charge in [-0.3, -0.25) is 9.59 Å². The van der Waals surface area contributed by atoms with Crippen LogP contribution in [0.15, 0.2) is 54.6 Å². The van der Waals surface area contributed by atoms with Gasteiger partial charge in [-0.25, -0.2) is 0 Å². The molecule has 1 N–H and O–H groups in total. The summed E-state index contributed by atoms with van der Waals surface area (Å²) in [6, 6.07) is 17.8. The molecule has 0 bridgehead atoms. The zero-order chi connectivity index (χ0) is 16.9. The number of rotatable bonds is 5. The lowest BCUT2D eigenvalue weighted by molar-refractivity contribution is -0.132. The lowest BCUT2D eigenvalue weighted by atomic mass is 10.1. The summed E-state index contributed by atoms with van der Waals surface area (Å²) < 4.78 is 0. The van der Waals surface area contributed by atoms with Gasteiger partial charge >= 0.3 is 0 Å². The molecule has 0 aromatic heterocycles. The van der Waals surface area contributed by atoms with Gasteiger partial charge in [0.2, 0.25) is 11.8 Å². The Kier molecular flexibility index (Phi) is 4.94. The molecule has 1 saturated heterocycles. The molecule has 2 aromatic rings. The van der Waals surface area contributed by atoms with Gasteiger partial charge in [0.15, 0.2) is 0 Å². The largest absolute Gasteiger partial charge is 0.355 e. The molecule has 1 aliphatic rings. The summed E-state index contributed by atoms with van der Waals surface area (Å²) in [5, 5.41) is 2.90. The average Bonchev–Trinajstić information content (AvgIpc) is 2.99. The van der Waals surface area contributed by atoms with Gasteiger partial charge in [0.05, 0.1) is 0 Å². The molecule has 0 radical (unpaired) electrons. The fourth-order valence-corrected chi connectivity index (χ4v) is 3.00. The Bertz CT molecular complexity index is 710. The van der Waals surface area contributed by atoms with Crippen LogP contribution in [-0.2, 0) is 16.0 Å². The normalized spacial score (nSPS) is 17.1.